The van der Waals surface area contributed by atoms with Gasteiger partial charge in [-0.2, -0.15) is 5.06 Å². The Morgan fingerprint density at radius 1 is 1.39 bits per heavy atom. The lowest BCUT2D eigenvalue weighted by molar-refractivity contribution is -0.245. The summed E-state index contributed by atoms with van der Waals surface area (Å²) in [7, 11) is 0. The number of ether oxygens (including phenoxy) is 1. The molecule has 4 nitrogen and oxygen atoms in total. The van der Waals surface area contributed by atoms with E-state index in [4.69, 9.17) is 9.57 Å². The highest BCUT2D eigenvalue weighted by Gasteiger charge is 2.36. The zero-order valence-corrected chi connectivity index (χ0v) is 10.8. The van der Waals surface area contributed by atoms with E-state index >= 15 is 0 Å². The lowest BCUT2D eigenvalue weighted by atomic mass is 10.1. The third-order valence-electron chi connectivity index (χ3n) is 2.83. The fourth-order valence-electron chi connectivity index (χ4n) is 1.80. The Bertz CT molecular complexity index is 391. The fourth-order valence-corrected chi connectivity index (χ4v) is 1.80. The van der Waals surface area contributed by atoms with Gasteiger partial charge in [-0.15, -0.1) is 0 Å². The highest BCUT2D eigenvalue weighted by Crippen LogP contribution is 2.20. The number of hydrogen-bond acceptors (Lipinski definition) is 4. The predicted molar refractivity (Wildman–Crippen MR) is 67.6 cm³/mol. The lowest BCUT2D eigenvalue weighted by Gasteiger charge is -2.37. The molecule has 18 heavy (non-hydrogen) atoms. The van der Waals surface area contributed by atoms with Crippen LogP contribution in [0.25, 0.3) is 0 Å². The van der Waals surface area contributed by atoms with E-state index in [-0.39, 0.29) is 18.1 Å². The van der Waals surface area contributed by atoms with E-state index in [1.165, 1.54) is 0 Å². The van der Waals surface area contributed by atoms with E-state index in [2.05, 4.69) is 0 Å². The van der Waals surface area contributed by atoms with Gasteiger partial charge < -0.3 is 4.74 Å². The summed E-state index contributed by atoms with van der Waals surface area (Å²) < 4.78 is 5.18. The van der Waals surface area contributed by atoms with Crippen molar-refractivity contribution in [2.75, 3.05) is 6.54 Å². The second-order valence-electron chi connectivity index (χ2n) is 4.69. The second kappa shape index (κ2) is 5.98. The zero-order valence-electron chi connectivity index (χ0n) is 10.8. The average molecular weight is 249 g/mol. The van der Waals surface area contributed by atoms with Crippen LogP contribution in [0.1, 0.15) is 25.8 Å². The first kappa shape index (κ1) is 13.1. The van der Waals surface area contributed by atoms with Crippen LogP contribution in [-0.4, -0.2) is 29.7 Å². The highest BCUT2D eigenvalue weighted by molar-refractivity contribution is 5.76. The maximum atomic E-state index is 11.7. The van der Waals surface area contributed by atoms with E-state index in [0.717, 1.165) is 18.5 Å². The number of hydroxylamine groups is 2. The van der Waals surface area contributed by atoms with Gasteiger partial charge in [0.25, 0.3) is 0 Å². The van der Waals surface area contributed by atoms with E-state index in [1.807, 2.05) is 44.2 Å². The Morgan fingerprint density at radius 3 is 2.67 bits per heavy atom. The summed E-state index contributed by atoms with van der Waals surface area (Å²) in [4.78, 5) is 17.3. The number of benzene rings is 1. The summed E-state index contributed by atoms with van der Waals surface area (Å²) in [5, 5.41) is 1.71. The molecular formula is C14H19NO3. The zero-order chi connectivity index (χ0) is 13.0. The van der Waals surface area contributed by atoms with Crippen LogP contribution in [0.2, 0.25) is 0 Å². The summed E-state index contributed by atoms with van der Waals surface area (Å²) in [5.41, 5.74) is 1.10. The minimum atomic E-state index is -0.240. The third kappa shape index (κ3) is 3.31. The van der Waals surface area contributed by atoms with Crippen LogP contribution in [0.3, 0.4) is 0 Å². The van der Waals surface area contributed by atoms with E-state index in [1.54, 1.807) is 5.06 Å². The Balaban J connectivity index is 1.79. The van der Waals surface area contributed by atoms with Crippen LogP contribution >= 0.6 is 0 Å². The molecule has 2 rings (SSSR count). The molecule has 4 heteroatoms. The molecule has 0 saturated carbocycles. The number of esters is 1. The van der Waals surface area contributed by atoms with Crippen LogP contribution in [0, 0.1) is 0 Å². The Kier molecular flexibility index (Phi) is 4.33. The molecule has 0 N–H and O–H groups in total. The van der Waals surface area contributed by atoms with Gasteiger partial charge in [-0.3, -0.25) is 9.63 Å². The first-order valence-electron chi connectivity index (χ1n) is 6.31. The Labute approximate surface area is 107 Å². The predicted octanol–water partition coefficient (Wildman–Crippen LogP) is 2.14. The molecule has 0 bridgehead atoms. The van der Waals surface area contributed by atoms with Gasteiger partial charge in [-0.25, -0.2) is 0 Å². The van der Waals surface area contributed by atoms with Gasteiger partial charge in [0, 0.05) is 6.54 Å². The van der Waals surface area contributed by atoms with Crippen LogP contribution in [0.15, 0.2) is 30.3 Å². The molecule has 98 valence electrons. The summed E-state index contributed by atoms with van der Waals surface area (Å²) in [6.45, 7) is 4.98. The monoisotopic (exact) mass is 249 g/mol. The van der Waals surface area contributed by atoms with Crippen molar-refractivity contribution >= 4 is 5.97 Å². The normalized spacial score (nSPS) is 19.6. The quantitative estimate of drug-likeness (QED) is 0.749. The molecule has 0 amide bonds. The van der Waals surface area contributed by atoms with Crippen molar-refractivity contribution in [2.24, 2.45) is 0 Å². The molecule has 1 aliphatic rings. The Hall–Kier alpha value is -1.39. The molecule has 0 spiro atoms. The fraction of sp³-hybridized carbons (Fsp3) is 0.500. The molecule has 1 saturated heterocycles. The average Bonchev–Trinajstić information content (AvgIpc) is 2.28. The minimum absolute atomic E-state index is 0.0749. The molecule has 0 aromatic heterocycles. The molecular weight excluding hydrogens is 230 g/mol. The van der Waals surface area contributed by atoms with Gasteiger partial charge in [0.05, 0.1) is 12.7 Å². The first-order valence-corrected chi connectivity index (χ1v) is 6.31. The number of carbonyl (C=O) groups excluding carboxylic acids is 1. The summed E-state index contributed by atoms with van der Waals surface area (Å²) in [6, 6.07) is 9.67. The minimum Gasteiger partial charge on any atom is -0.462 e. The Morgan fingerprint density at radius 2 is 2.11 bits per heavy atom. The maximum Gasteiger partial charge on any atom is 0.326 e. The van der Waals surface area contributed by atoms with Gasteiger partial charge >= 0.3 is 5.97 Å². The molecule has 1 aromatic carbocycles. The van der Waals surface area contributed by atoms with Crippen molar-refractivity contribution in [2.45, 2.75) is 39.0 Å². The summed E-state index contributed by atoms with van der Waals surface area (Å²) >= 11 is 0. The van der Waals surface area contributed by atoms with Crippen LogP contribution in [0.4, 0.5) is 0 Å². The number of rotatable bonds is 5. The molecule has 1 heterocycles. The molecule has 0 aliphatic carbocycles. The number of carbonyl (C=O) groups is 1. The van der Waals surface area contributed by atoms with Gasteiger partial charge in [-0.05, 0) is 25.8 Å². The standard InChI is InChI=1S/C14H19NO3/c1-11(2)18-14(16)13-8-9-15(13)17-10-12-6-4-3-5-7-12/h3-7,11,13H,8-10H2,1-2H3. The highest BCUT2D eigenvalue weighted by atomic mass is 16.7. The SMILES string of the molecule is CC(C)OC(=O)C1CCN1OCc1ccccc1. The van der Waals surface area contributed by atoms with Crippen LogP contribution in [0.5, 0.6) is 0 Å². The smallest absolute Gasteiger partial charge is 0.326 e. The number of nitrogens with zero attached hydrogens (tertiary/aromatic N) is 1. The lowest BCUT2D eigenvalue weighted by Crippen LogP contribution is -2.52. The van der Waals surface area contributed by atoms with Gasteiger partial charge in [0.2, 0.25) is 0 Å². The van der Waals surface area contributed by atoms with E-state index < -0.39 is 0 Å². The van der Waals surface area contributed by atoms with Gasteiger partial charge in [0.15, 0.2) is 0 Å². The summed E-state index contributed by atoms with van der Waals surface area (Å²) in [6.07, 6.45) is 0.731. The van der Waals surface area contributed by atoms with Crippen molar-refractivity contribution in [1.29, 1.82) is 0 Å². The largest absolute Gasteiger partial charge is 0.462 e. The van der Waals surface area contributed by atoms with Crippen molar-refractivity contribution < 1.29 is 14.4 Å². The molecule has 1 aromatic rings. The van der Waals surface area contributed by atoms with E-state index in [0.29, 0.717) is 6.61 Å². The van der Waals surface area contributed by atoms with Crippen LogP contribution in [-0.2, 0) is 21.0 Å². The van der Waals surface area contributed by atoms with E-state index in [9.17, 15) is 4.79 Å². The number of hydrogen-bond donors (Lipinski definition) is 0. The topological polar surface area (TPSA) is 38.8 Å². The molecule has 1 unspecified atom stereocenters. The molecule has 1 atom stereocenters. The van der Waals surface area contributed by atoms with Crippen molar-refractivity contribution in [1.82, 2.24) is 5.06 Å². The van der Waals surface area contributed by atoms with Gasteiger partial charge in [-0.1, -0.05) is 30.3 Å². The van der Waals surface area contributed by atoms with Crippen molar-refractivity contribution in [3.05, 3.63) is 35.9 Å². The third-order valence-corrected chi connectivity index (χ3v) is 2.83. The maximum absolute atomic E-state index is 11.7. The van der Waals surface area contributed by atoms with Crippen molar-refractivity contribution in [3.63, 3.8) is 0 Å². The molecule has 1 aliphatic heterocycles. The van der Waals surface area contributed by atoms with Crippen molar-refractivity contribution in [3.8, 4) is 0 Å². The second-order valence-corrected chi connectivity index (χ2v) is 4.69. The molecule has 0 radical (unpaired) electrons. The van der Waals surface area contributed by atoms with Gasteiger partial charge in [0.1, 0.15) is 6.04 Å². The van der Waals surface area contributed by atoms with Crippen LogP contribution < -0.4 is 0 Å². The first-order chi connectivity index (χ1) is 8.66. The summed E-state index contributed by atoms with van der Waals surface area (Å²) in [5.74, 6) is -0.190. The molecule has 1 fully saturated rings.